The molecule has 158 valence electrons. The third-order valence-corrected chi connectivity index (χ3v) is 5.91. The lowest BCUT2D eigenvalue weighted by Gasteiger charge is -2.19. The smallest absolute Gasteiger partial charge is 0.330 e. The van der Waals surface area contributed by atoms with Crippen LogP contribution < -0.4 is 0 Å². The number of allylic oxidation sites excluding steroid dienone is 3. The summed E-state index contributed by atoms with van der Waals surface area (Å²) in [4.78, 5) is 49.0. The molecular formula is C22H29NO5S. The summed E-state index contributed by atoms with van der Waals surface area (Å²) in [5.74, 6) is -0.413. The van der Waals surface area contributed by atoms with Crippen LogP contribution in [0.25, 0.3) is 0 Å². The number of ketones is 1. The fourth-order valence-electron chi connectivity index (χ4n) is 3.31. The highest BCUT2D eigenvalue weighted by Crippen LogP contribution is 2.25. The van der Waals surface area contributed by atoms with Crippen LogP contribution in [0, 0.1) is 5.92 Å². The summed E-state index contributed by atoms with van der Waals surface area (Å²) < 4.78 is 5.60. The van der Waals surface area contributed by atoms with Crippen molar-refractivity contribution < 1.29 is 23.9 Å². The van der Waals surface area contributed by atoms with Crippen molar-refractivity contribution in [2.45, 2.75) is 65.0 Å². The number of esters is 1. The Kier molecular flexibility index (Phi) is 8.89. The van der Waals surface area contributed by atoms with Crippen molar-refractivity contribution in [3.05, 3.63) is 36.0 Å². The van der Waals surface area contributed by atoms with E-state index in [2.05, 4.69) is 19.1 Å². The number of carbonyl (C=O) groups excluding carboxylic acids is 4. The number of rotatable bonds is 4. The van der Waals surface area contributed by atoms with Gasteiger partial charge in [-0.05, 0) is 44.6 Å². The molecular weight excluding hydrogens is 390 g/mol. The first-order valence-corrected chi connectivity index (χ1v) is 11.0. The van der Waals surface area contributed by atoms with E-state index in [1.54, 1.807) is 6.08 Å². The molecule has 0 bridgehead atoms. The van der Waals surface area contributed by atoms with Gasteiger partial charge >= 0.3 is 5.97 Å². The van der Waals surface area contributed by atoms with Crippen molar-refractivity contribution in [1.29, 1.82) is 0 Å². The molecule has 2 aliphatic heterocycles. The molecule has 0 aliphatic carbocycles. The van der Waals surface area contributed by atoms with Gasteiger partial charge in [0.05, 0.1) is 0 Å². The summed E-state index contributed by atoms with van der Waals surface area (Å²) in [6, 6.07) is -0.754. The number of imide groups is 1. The fraction of sp³-hybridized carbons (Fsp3) is 0.545. The first kappa shape index (κ1) is 23.1. The molecule has 2 rings (SSSR count). The number of hydrogen-bond donors (Lipinski definition) is 0. The van der Waals surface area contributed by atoms with Gasteiger partial charge in [-0.25, -0.2) is 4.79 Å². The van der Waals surface area contributed by atoms with Crippen LogP contribution >= 0.6 is 11.8 Å². The molecule has 2 aliphatic rings. The van der Waals surface area contributed by atoms with Gasteiger partial charge in [-0.15, -0.1) is 0 Å². The van der Waals surface area contributed by atoms with Crippen LogP contribution in [0.4, 0.5) is 4.79 Å². The Morgan fingerprint density at radius 3 is 2.79 bits per heavy atom. The summed E-state index contributed by atoms with van der Waals surface area (Å²) in [6.07, 6.45) is 12.3. The van der Waals surface area contributed by atoms with E-state index in [1.807, 2.05) is 6.92 Å². The van der Waals surface area contributed by atoms with Crippen molar-refractivity contribution in [1.82, 2.24) is 4.90 Å². The Labute approximate surface area is 176 Å². The van der Waals surface area contributed by atoms with Gasteiger partial charge in [0.15, 0.2) is 5.78 Å². The number of amides is 2. The van der Waals surface area contributed by atoms with Crippen molar-refractivity contribution in [3.63, 3.8) is 0 Å². The molecule has 1 saturated heterocycles. The normalized spacial score (nSPS) is 28.4. The van der Waals surface area contributed by atoms with Crippen LogP contribution in [0.1, 0.15) is 52.9 Å². The molecule has 0 saturated carbocycles. The quantitative estimate of drug-likeness (QED) is 0.386. The lowest BCUT2D eigenvalue weighted by atomic mass is 9.99. The van der Waals surface area contributed by atoms with E-state index in [1.165, 1.54) is 19.1 Å². The maximum absolute atomic E-state index is 12.4. The Morgan fingerprint density at radius 1 is 1.31 bits per heavy atom. The predicted molar refractivity (Wildman–Crippen MR) is 113 cm³/mol. The maximum Gasteiger partial charge on any atom is 0.330 e. The summed E-state index contributed by atoms with van der Waals surface area (Å²) in [5.41, 5.74) is 0.977. The van der Waals surface area contributed by atoms with Crippen LogP contribution in [0.3, 0.4) is 0 Å². The molecule has 0 N–H and O–H groups in total. The number of ether oxygens (including phenoxy) is 1. The average molecular weight is 420 g/mol. The molecule has 0 aromatic heterocycles. The van der Waals surface area contributed by atoms with Crippen LogP contribution in [0.15, 0.2) is 36.0 Å². The van der Waals surface area contributed by atoms with Crippen LogP contribution in [-0.4, -0.2) is 45.7 Å². The summed E-state index contributed by atoms with van der Waals surface area (Å²) in [5, 5.41) is -0.387. The molecule has 2 heterocycles. The van der Waals surface area contributed by atoms with Gasteiger partial charge in [0, 0.05) is 25.2 Å². The molecule has 29 heavy (non-hydrogen) atoms. The first-order valence-electron chi connectivity index (χ1n) is 9.99. The Hall–Kier alpha value is -2.15. The third kappa shape index (κ3) is 7.31. The monoisotopic (exact) mass is 419 g/mol. The number of nitrogens with zero attached hydrogens (tertiary/aromatic N) is 1. The average Bonchev–Trinajstić information content (AvgIpc) is 3.04. The van der Waals surface area contributed by atoms with Gasteiger partial charge in [0.25, 0.3) is 5.24 Å². The molecule has 3 atom stereocenters. The minimum atomic E-state index is -0.754. The fourth-order valence-corrected chi connectivity index (χ4v) is 4.32. The number of thioether (sulfide) groups is 1. The van der Waals surface area contributed by atoms with E-state index in [9.17, 15) is 19.2 Å². The van der Waals surface area contributed by atoms with E-state index in [4.69, 9.17) is 4.74 Å². The number of cyclic esters (lactones) is 1. The van der Waals surface area contributed by atoms with Crippen molar-refractivity contribution in [2.24, 2.45) is 5.92 Å². The summed E-state index contributed by atoms with van der Waals surface area (Å²) in [7, 11) is 0. The number of carbonyl (C=O) groups is 4. The highest BCUT2D eigenvalue weighted by molar-refractivity contribution is 8.14. The minimum Gasteiger partial charge on any atom is -0.459 e. The second kappa shape index (κ2) is 11.1. The number of hydrogen-bond acceptors (Lipinski definition) is 6. The maximum atomic E-state index is 12.4. The zero-order chi connectivity index (χ0) is 21.4. The van der Waals surface area contributed by atoms with Crippen molar-refractivity contribution >= 4 is 34.7 Å². The SMILES string of the molecule is CC(=O)N1C(=O)SC[C@H]1C(=O)/C=C\C[C@H]1CC[C@H](C)C=CCC/C(C)=C\C(=O)O1. The van der Waals surface area contributed by atoms with Gasteiger partial charge in [-0.2, -0.15) is 0 Å². The van der Waals surface area contributed by atoms with Gasteiger partial charge < -0.3 is 4.74 Å². The lowest BCUT2D eigenvalue weighted by Crippen LogP contribution is -2.41. The largest absolute Gasteiger partial charge is 0.459 e. The molecule has 7 heteroatoms. The first-order chi connectivity index (χ1) is 13.8. The van der Waals surface area contributed by atoms with E-state index in [-0.39, 0.29) is 28.8 Å². The molecule has 1 fully saturated rings. The van der Waals surface area contributed by atoms with E-state index < -0.39 is 11.9 Å². The Morgan fingerprint density at radius 2 is 2.07 bits per heavy atom. The van der Waals surface area contributed by atoms with Gasteiger partial charge in [0.2, 0.25) is 5.91 Å². The molecule has 6 nitrogen and oxygen atoms in total. The zero-order valence-corrected chi connectivity index (χ0v) is 18.1. The van der Waals surface area contributed by atoms with Gasteiger partial charge in [0.1, 0.15) is 12.1 Å². The highest BCUT2D eigenvalue weighted by Gasteiger charge is 2.38. The lowest BCUT2D eigenvalue weighted by molar-refractivity contribution is -0.143. The summed E-state index contributed by atoms with van der Waals surface area (Å²) in [6.45, 7) is 5.33. The van der Waals surface area contributed by atoms with Crippen LogP contribution in [-0.2, 0) is 19.1 Å². The third-order valence-electron chi connectivity index (χ3n) is 4.98. The van der Waals surface area contributed by atoms with Crippen molar-refractivity contribution in [2.75, 3.05) is 5.75 Å². The molecule has 0 unspecified atom stereocenters. The van der Waals surface area contributed by atoms with Crippen LogP contribution in [0.5, 0.6) is 0 Å². The van der Waals surface area contributed by atoms with Gasteiger partial charge in [-0.3, -0.25) is 19.3 Å². The molecule has 2 amide bonds. The standard InChI is InChI=1S/C22H29NO5S/c1-15-7-4-5-8-16(2)13-21(26)28-18(12-11-15)9-6-10-20(25)19-14-29-22(27)23(19)17(3)24/h4,6-7,10,13,15,18-19H,5,8-9,11-12,14H2,1-3H3/b7-4?,10-6-,16-13-/t15-,18+,19+/m1/s1. The zero-order valence-electron chi connectivity index (χ0n) is 17.3. The topological polar surface area (TPSA) is 80.8 Å². The predicted octanol–water partition coefficient (Wildman–Crippen LogP) is 4.21. The van der Waals surface area contributed by atoms with E-state index in [0.29, 0.717) is 18.8 Å². The molecule has 0 spiro atoms. The molecule has 0 radical (unpaired) electrons. The van der Waals surface area contributed by atoms with Gasteiger partial charge in [-0.1, -0.05) is 42.5 Å². The summed E-state index contributed by atoms with van der Waals surface area (Å²) >= 11 is 0.975. The van der Waals surface area contributed by atoms with Crippen molar-refractivity contribution in [3.8, 4) is 0 Å². The second-order valence-electron chi connectivity index (χ2n) is 7.59. The Bertz CT molecular complexity index is 739. The van der Waals surface area contributed by atoms with Crippen LogP contribution in [0.2, 0.25) is 0 Å². The minimum absolute atomic E-state index is 0.272. The van der Waals surface area contributed by atoms with E-state index >= 15 is 0 Å². The van der Waals surface area contributed by atoms with E-state index in [0.717, 1.165) is 41.5 Å². The molecule has 0 aromatic carbocycles. The highest BCUT2D eigenvalue weighted by atomic mass is 32.2. The molecule has 0 aromatic rings. The Balaban J connectivity index is 2.00. The second-order valence-corrected chi connectivity index (χ2v) is 8.56.